The van der Waals surface area contributed by atoms with Gasteiger partial charge in [-0.15, -0.1) is 0 Å². The van der Waals surface area contributed by atoms with Crippen molar-refractivity contribution in [3.05, 3.63) is 0 Å². The van der Waals surface area contributed by atoms with E-state index in [1.165, 1.54) is 62.3 Å². The molecule has 0 amide bonds. The summed E-state index contributed by atoms with van der Waals surface area (Å²) in [5.41, 5.74) is 0.444. The van der Waals surface area contributed by atoms with Crippen LogP contribution in [0.2, 0.25) is 0 Å². The lowest BCUT2D eigenvalue weighted by molar-refractivity contribution is 0.451. The van der Waals surface area contributed by atoms with Gasteiger partial charge in [-0.3, -0.25) is 4.99 Å². The van der Waals surface area contributed by atoms with Gasteiger partial charge in [0.1, 0.15) is 0 Å². The molecule has 16 heavy (non-hydrogen) atoms. The van der Waals surface area contributed by atoms with Crippen molar-refractivity contribution in [1.82, 2.24) is 5.32 Å². The van der Waals surface area contributed by atoms with Gasteiger partial charge in [0.2, 0.25) is 0 Å². The quantitative estimate of drug-likeness (QED) is 0.799. The van der Waals surface area contributed by atoms with Gasteiger partial charge in [-0.05, 0) is 31.6 Å². The van der Waals surface area contributed by atoms with E-state index in [0.717, 1.165) is 12.5 Å². The number of aliphatic imine (C=N–C) groups is 1. The van der Waals surface area contributed by atoms with Crippen molar-refractivity contribution < 1.29 is 0 Å². The van der Waals surface area contributed by atoms with E-state index >= 15 is 0 Å². The first-order valence-electron chi connectivity index (χ1n) is 6.82. The molecule has 0 bridgehead atoms. The molecule has 3 rings (SSSR count). The van der Waals surface area contributed by atoms with Crippen LogP contribution in [-0.4, -0.2) is 23.0 Å². The van der Waals surface area contributed by atoms with Gasteiger partial charge in [-0.2, -0.15) is 0 Å². The fourth-order valence-electron chi connectivity index (χ4n) is 3.32. The van der Waals surface area contributed by atoms with Crippen LogP contribution in [-0.2, 0) is 0 Å². The maximum Gasteiger partial charge on any atom is 0.157 e. The van der Waals surface area contributed by atoms with Crippen LogP contribution in [0, 0.1) is 5.92 Å². The molecule has 1 spiro atoms. The normalized spacial score (nSPS) is 31.6. The van der Waals surface area contributed by atoms with Gasteiger partial charge < -0.3 is 5.32 Å². The SMILES string of the molecule is C1CCC(CN=C2NC3(CCCC3)CS2)C1. The highest BCUT2D eigenvalue weighted by Crippen LogP contribution is 2.37. The predicted octanol–water partition coefficient (Wildman–Crippen LogP) is 3.18. The Bertz CT molecular complexity index is 276. The molecule has 3 heteroatoms. The molecule has 2 saturated carbocycles. The predicted molar refractivity (Wildman–Crippen MR) is 71.1 cm³/mol. The van der Waals surface area contributed by atoms with E-state index in [1.54, 1.807) is 0 Å². The van der Waals surface area contributed by atoms with Gasteiger partial charge in [0.25, 0.3) is 0 Å². The number of thioether (sulfide) groups is 1. The average molecular weight is 238 g/mol. The first-order chi connectivity index (χ1) is 7.86. The molecule has 1 saturated heterocycles. The average Bonchev–Trinajstić information content (AvgIpc) is 3.01. The minimum Gasteiger partial charge on any atom is -0.359 e. The third-order valence-corrected chi connectivity index (χ3v) is 5.59. The van der Waals surface area contributed by atoms with Crippen molar-refractivity contribution in [3.63, 3.8) is 0 Å². The number of hydrogen-bond donors (Lipinski definition) is 1. The Kier molecular flexibility index (Phi) is 3.14. The van der Waals surface area contributed by atoms with Gasteiger partial charge in [0, 0.05) is 17.8 Å². The van der Waals surface area contributed by atoms with Crippen molar-refractivity contribution in [3.8, 4) is 0 Å². The van der Waals surface area contributed by atoms with Crippen LogP contribution in [0.3, 0.4) is 0 Å². The Balaban J connectivity index is 1.54. The molecule has 0 aromatic carbocycles. The number of nitrogens with one attached hydrogen (secondary N) is 1. The Morgan fingerprint density at radius 2 is 1.94 bits per heavy atom. The Labute approximate surface area is 103 Å². The zero-order valence-electron chi connectivity index (χ0n) is 10.0. The molecule has 1 aliphatic heterocycles. The van der Waals surface area contributed by atoms with Crippen LogP contribution >= 0.6 is 11.8 Å². The van der Waals surface area contributed by atoms with Gasteiger partial charge in [-0.25, -0.2) is 0 Å². The molecule has 3 aliphatic rings. The third kappa shape index (κ3) is 2.24. The Hall–Kier alpha value is -0.180. The van der Waals surface area contributed by atoms with E-state index in [4.69, 9.17) is 4.99 Å². The zero-order valence-corrected chi connectivity index (χ0v) is 10.8. The summed E-state index contributed by atoms with van der Waals surface area (Å²) in [6.07, 6.45) is 11.2. The monoisotopic (exact) mass is 238 g/mol. The molecule has 1 heterocycles. The largest absolute Gasteiger partial charge is 0.359 e. The summed E-state index contributed by atoms with van der Waals surface area (Å²) in [7, 11) is 0. The number of hydrogen-bond acceptors (Lipinski definition) is 2. The molecule has 2 aliphatic carbocycles. The summed E-state index contributed by atoms with van der Waals surface area (Å²) in [5.74, 6) is 2.14. The highest BCUT2D eigenvalue weighted by Gasteiger charge is 2.39. The molecular weight excluding hydrogens is 216 g/mol. The molecule has 2 nitrogen and oxygen atoms in total. The first-order valence-corrected chi connectivity index (χ1v) is 7.80. The highest BCUT2D eigenvalue weighted by atomic mass is 32.2. The molecule has 0 aromatic heterocycles. The van der Waals surface area contributed by atoms with Crippen molar-refractivity contribution in [2.75, 3.05) is 12.3 Å². The zero-order chi connectivity index (χ0) is 10.8. The van der Waals surface area contributed by atoms with Gasteiger partial charge in [0.15, 0.2) is 5.17 Å². The molecule has 0 unspecified atom stereocenters. The minimum atomic E-state index is 0.444. The molecular formula is C13H22N2S. The van der Waals surface area contributed by atoms with Crippen LogP contribution in [0.4, 0.5) is 0 Å². The Morgan fingerprint density at radius 1 is 1.19 bits per heavy atom. The summed E-state index contributed by atoms with van der Waals surface area (Å²) in [6.45, 7) is 1.07. The van der Waals surface area contributed by atoms with Crippen molar-refractivity contribution in [1.29, 1.82) is 0 Å². The van der Waals surface area contributed by atoms with E-state index in [9.17, 15) is 0 Å². The maximum atomic E-state index is 4.79. The fourth-order valence-corrected chi connectivity index (χ4v) is 4.55. The lowest BCUT2D eigenvalue weighted by Crippen LogP contribution is -2.40. The molecule has 0 aromatic rings. The third-order valence-electron chi connectivity index (χ3n) is 4.39. The smallest absolute Gasteiger partial charge is 0.157 e. The summed E-state index contributed by atoms with van der Waals surface area (Å²) in [5, 5.41) is 4.95. The van der Waals surface area contributed by atoms with Crippen LogP contribution in [0.15, 0.2) is 4.99 Å². The van der Waals surface area contributed by atoms with E-state index in [2.05, 4.69) is 5.32 Å². The standard InChI is InChI=1S/C13H22N2S/c1-2-6-11(5-1)9-14-12-15-13(10-16-12)7-3-4-8-13/h11H,1-10H2,(H,14,15). The van der Waals surface area contributed by atoms with Gasteiger partial charge in [0.05, 0.1) is 0 Å². The number of amidine groups is 1. The van der Waals surface area contributed by atoms with Crippen LogP contribution in [0.25, 0.3) is 0 Å². The molecule has 3 fully saturated rings. The number of rotatable bonds is 2. The molecule has 1 N–H and O–H groups in total. The van der Waals surface area contributed by atoms with Crippen molar-refractivity contribution >= 4 is 16.9 Å². The van der Waals surface area contributed by atoms with Crippen molar-refractivity contribution in [2.24, 2.45) is 10.9 Å². The number of nitrogens with zero attached hydrogens (tertiary/aromatic N) is 1. The lowest BCUT2D eigenvalue weighted by Gasteiger charge is -2.21. The second-order valence-corrected chi connectivity index (χ2v) is 6.66. The summed E-state index contributed by atoms with van der Waals surface area (Å²) >= 11 is 1.96. The second-order valence-electron chi connectivity index (χ2n) is 5.70. The first kappa shape index (κ1) is 10.9. The lowest BCUT2D eigenvalue weighted by atomic mass is 10.0. The second kappa shape index (κ2) is 4.59. The van der Waals surface area contributed by atoms with Crippen LogP contribution < -0.4 is 5.32 Å². The summed E-state index contributed by atoms with van der Waals surface area (Å²) in [6, 6.07) is 0. The highest BCUT2D eigenvalue weighted by molar-refractivity contribution is 8.14. The molecule has 90 valence electrons. The summed E-state index contributed by atoms with van der Waals surface area (Å²) < 4.78 is 0. The van der Waals surface area contributed by atoms with Crippen LogP contribution in [0.1, 0.15) is 51.4 Å². The van der Waals surface area contributed by atoms with Crippen LogP contribution in [0.5, 0.6) is 0 Å². The molecule has 0 atom stereocenters. The van der Waals surface area contributed by atoms with E-state index < -0.39 is 0 Å². The van der Waals surface area contributed by atoms with E-state index in [0.29, 0.717) is 5.54 Å². The van der Waals surface area contributed by atoms with E-state index in [-0.39, 0.29) is 0 Å². The van der Waals surface area contributed by atoms with Gasteiger partial charge in [-0.1, -0.05) is 37.4 Å². The minimum absolute atomic E-state index is 0.444. The summed E-state index contributed by atoms with van der Waals surface area (Å²) in [4.78, 5) is 4.79. The topological polar surface area (TPSA) is 24.4 Å². The molecule has 0 radical (unpaired) electrons. The van der Waals surface area contributed by atoms with Crippen molar-refractivity contribution in [2.45, 2.75) is 56.9 Å². The maximum absolute atomic E-state index is 4.79. The fraction of sp³-hybridized carbons (Fsp3) is 0.923. The Morgan fingerprint density at radius 3 is 2.69 bits per heavy atom. The van der Waals surface area contributed by atoms with E-state index in [1.807, 2.05) is 11.8 Å². The van der Waals surface area contributed by atoms with Gasteiger partial charge >= 0.3 is 0 Å².